The van der Waals surface area contributed by atoms with E-state index in [0.29, 0.717) is 11.9 Å². The van der Waals surface area contributed by atoms with Crippen molar-refractivity contribution in [1.29, 1.82) is 0 Å². The molecule has 0 saturated carbocycles. The maximum absolute atomic E-state index is 11.8. The van der Waals surface area contributed by atoms with Crippen LogP contribution in [0.3, 0.4) is 0 Å². The molecule has 0 saturated heterocycles. The Kier molecular flexibility index (Phi) is 5.77. The molecular formula is C11H15BrN2O3S. The molecule has 0 bridgehead atoms. The Hall–Kier alpha value is -0.920. The second-order valence-electron chi connectivity index (χ2n) is 3.56. The molecule has 100 valence electrons. The minimum Gasteiger partial charge on any atom is -0.355 e. The number of nitrogens with one attached hydrogen (secondary N) is 2. The Morgan fingerprint density at radius 3 is 2.39 bits per heavy atom. The summed E-state index contributed by atoms with van der Waals surface area (Å²) in [5, 5.41) is 3.18. The molecule has 0 radical (unpaired) electrons. The predicted molar refractivity (Wildman–Crippen MR) is 72.9 cm³/mol. The number of rotatable bonds is 6. The van der Waals surface area contributed by atoms with Crippen LogP contribution in [0.5, 0.6) is 0 Å². The van der Waals surface area contributed by atoms with E-state index >= 15 is 0 Å². The predicted octanol–water partition coefficient (Wildman–Crippen LogP) is 0.996. The van der Waals surface area contributed by atoms with Gasteiger partial charge in [-0.2, -0.15) is 0 Å². The van der Waals surface area contributed by atoms with Crippen LogP contribution >= 0.6 is 15.9 Å². The summed E-state index contributed by atoms with van der Waals surface area (Å²) in [6.07, 6.45) is 0. The Labute approximate surface area is 115 Å². The summed E-state index contributed by atoms with van der Waals surface area (Å²) in [5.74, 6) is -0.349. The fourth-order valence-corrected chi connectivity index (χ4v) is 2.62. The zero-order chi connectivity index (χ0) is 13.6. The van der Waals surface area contributed by atoms with E-state index in [1.807, 2.05) is 0 Å². The van der Waals surface area contributed by atoms with E-state index in [9.17, 15) is 13.2 Å². The maximum Gasteiger partial charge on any atom is 0.241 e. The first-order valence-electron chi connectivity index (χ1n) is 5.41. The van der Waals surface area contributed by atoms with E-state index < -0.39 is 10.0 Å². The Bertz CT molecular complexity index is 500. The average molecular weight is 335 g/mol. The lowest BCUT2D eigenvalue weighted by atomic mass is 10.2. The van der Waals surface area contributed by atoms with E-state index in [-0.39, 0.29) is 17.3 Å². The van der Waals surface area contributed by atoms with Crippen LogP contribution in [0.2, 0.25) is 0 Å². The molecule has 0 aliphatic rings. The summed E-state index contributed by atoms with van der Waals surface area (Å²) in [6.45, 7) is 1.99. The number of alkyl halides is 1. The van der Waals surface area contributed by atoms with Crippen LogP contribution in [0.25, 0.3) is 0 Å². The van der Waals surface area contributed by atoms with Crippen LogP contribution in [0, 0.1) is 0 Å². The highest BCUT2D eigenvalue weighted by molar-refractivity contribution is 9.08. The number of halogens is 1. The molecule has 0 fully saturated rings. The fraction of sp³-hybridized carbons (Fsp3) is 0.364. The summed E-state index contributed by atoms with van der Waals surface area (Å²) >= 11 is 3.28. The third-order valence-corrected chi connectivity index (χ3v) is 4.25. The number of likely N-dealkylation sites (N-methyl/N-ethyl adjacent to an activating group) is 1. The van der Waals surface area contributed by atoms with Crippen molar-refractivity contribution < 1.29 is 13.2 Å². The molecule has 0 heterocycles. The van der Waals surface area contributed by atoms with E-state index in [1.54, 1.807) is 19.1 Å². The van der Waals surface area contributed by atoms with E-state index in [4.69, 9.17) is 0 Å². The standard InChI is InChI=1S/C11H15BrN2O3S/c1-2-13-11(15)8-14-18(16,17)10-5-3-9(7-12)4-6-10/h3-6,14H,2,7-8H2,1H3,(H,13,15). The molecule has 0 aliphatic heterocycles. The van der Waals surface area contributed by atoms with E-state index in [0.717, 1.165) is 5.56 Å². The van der Waals surface area contributed by atoms with Crippen LogP contribution < -0.4 is 10.0 Å². The highest BCUT2D eigenvalue weighted by Crippen LogP contribution is 2.12. The average Bonchev–Trinajstić information content (AvgIpc) is 2.37. The maximum atomic E-state index is 11.8. The lowest BCUT2D eigenvalue weighted by Crippen LogP contribution is -2.36. The van der Waals surface area contributed by atoms with Gasteiger partial charge >= 0.3 is 0 Å². The van der Waals surface area contributed by atoms with Gasteiger partial charge in [0.1, 0.15) is 0 Å². The third kappa shape index (κ3) is 4.40. The lowest BCUT2D eigenvalue weighted by Gasteiger charge is -2.07. The van der Waals surface area contributed by atoms with Crippen molar-refractivity contribution in [2.75, 3.05) is 13.1 Å². The van der Waals surface area contributed by atoms with Gasteiger partial charge in [-0.05, 0) is 24.6 Å². The molecule has 0 unspecified atom stereocenters. The second kappa shape index (κ2) is 6.86. The molecule has 1 amide bonds. The van der Waals surface area contributed by atoms with Crippen molar-refractivity contribution in [1.82, 2.24) is 10.0 Å². The topological polar surface area (TPSA) is 75.3 Å². The molecule has 5 nitrogen and oxygen atoms in total. The van der Waals surface area contributed by atoms with Crippen molar-refractivity contribution >= 4 is 31.9 Å². The Balaban J connectivity index is 2.70. The van der Waals surface area contributed by atoms with Crippen LogP contribution in [0.1, 0.15) is 12.5 Å². The highest BCUT2D eigenvalue weighted by Gasteiger charge is 2.14. The van der Waals surface area contributed by atoms with Gasteiger partial charge < -0.3 is 5.32 Å². The van der Waals surface area contributed by atoms with Gasteiger partial charge in [0.25, 0.3) is 0 Å². The van der Waals surface area contributed by atoms with Crippen molar-refractivity contribution in [2.24, 2.45) is 0 Å². The molecular weight excluding hydrogens is 320 g/mol. The van der Waals surface area contributed by atoms with E-state index in [2.05, 4.69) is 26.0 Å². The Morgan fingerprint density at radius 2 is 1.89 bits per heavy atom. The van der Waals surface area contributed by atoms with Crippen LogP contribution in [0.15, 0.2) is 29.2 Å². The van der Waals surface area contributed by atoms with Crippen LogP contribution in [-0.4, -0.2) is 27.4 Å². The normalized spacial score (nSPS) is 11.2. The number of amides is 1. The van der Waals surface area contributed by atoms with E-state index in [1.165, 1.54) is 12.1 Å². The zero-order valence-corrected chi connectivity index (χ0v) is 12.3. The van der Waals surface area contributed by atoms with Gasteiger partial charge in [0.15, 0.2) is 0 Å². The number of hydrogen-bond acceptors (Lipinski definition) is 3. The van der Waals surface area contributed by atoms with Crippen molar-refractivity contribution in [3.8, 4) is 0 Å². The summed E-state index contributed by atoms with van der Waals surface area (Å²) in [6, 6.07) is 6.46. The molecule has 0 aromatic heterocycles. The van der Waals surface area contributed by atoms with Gasteiger partial charge in [-0.1, -0.05) is 28.1 Å². The summed E-state index contributed by atoms with van der Waals surface area (Å²) in [5.41, 5.74) is 0.984. The number of benzene rings is 1. The smallest absolute Gasteiger partial charge is 0.241 e. The van der Waals surface area contributed by atoms with Gasteiger partial charge in [0.2, 0.25) is 15.9 Å². The van der Waals surface area contributed by atoms with Gasteiger partial charge in [0.05, 0.1) is 11.4 Å². The zero-order valence-electron chi connectivity index (χ0n) is 9.94. The molecule has 0 atom stereocenters. The lowest BCUT2D eigenvalue weighted by molar-refractivity contribution is -0.119. The van der Waals surface area contributed by atoms with Crippen molar-refractivity contribution in [3.63, 3.8) is 0 Å². The van der Waals surface area contributed by atoms with Crippen LogP contribution in [0.4, 0.5) is 0 Å². The molecule has 1 aromatic carbocycles. The largest absolute Gasteiger partial charge is 0.355 e. The third-order valence-electron chi connectivity index (χ3n) is 2.18. The molecule has 0 spiro atoms. The summed E-state index contributed by atoms with van der Waals surface area (Å²) in [7, 11) is -3.62. The minimum atomic E-state index is -3.62. The SMILES string of the molecule is CCNC(=O)CNS(=O)(=O)c1ccc(CBr)cc1. The number of sulfonamides is 1. The van der Waals surface area contributed by atoms with Gasteiger partial charge in [-0.25, -0.2) is 13.1 Å². The monoisotopic (exact) mass is 334 g/mol. The first-order valence-corrected chi connectivity index (χ1v) is 8.01. The molecule has 1 rings (SSSR count). The quantitative estimate of drug-likeness (QED) is 0.762. The summed E-state index contributed by atoms with van der Waals surface area (Å²) < 4.78 is 25.9. The highest BCUT2D eigenvalue weighted by atomic mass is 79.9. The first-order chi connectivity index (χ1) is 8.49. The summed E-state index contributed by atoms with van der Waals surface area (Å²) in [4.78, 5) is 11.3. The number of carbonyl (C=O) groups excluding carboxylic acids is 1. The minimum absolute atomic E-state index is 0.150. The van der Waals surface area contributed by atoms with Crippen LogP contribution in [-0.2, 0) is 20.1 Å². The number of carbonyl (C=O) groups is 1. The Morgan fingerprint density at radius 1 is 1.28 bits per heavy atom. The molecule has 2 N–H and O–H groups in total. The number of hydrogen-bond donors (Lipinski definition) is 2. The molecule has 0 aliphatic carbocycles. The van der Waals surface area contributed by atoms with Crippen molar-refractivity contribution in [2.45, 2.75) is 17.1 Å². The first kappa shape index (κ1) is 15.1. The second-order valence-corrected chi connectivity index (χ2v) is 5.88. The van der Waals surface area contributed by atoms with Gasteiger partial charge in [-0.15, -0.1) is 0 Å². The molecule has 1 aromatic rings. The van der Waals surface area contributed by atoms with Gasteiger partial charge in [-0.3, -0.25) is 4.79 Å². The molecule has 18 heavy (non-hydrogen) atoms. The van der Waals surface area contributed by atoms with Crippen molar-refractivity contribution in [3.05, 3.63) is 29.8 Å². The fourth-order valence-electron chi connectivity index (χ4n) is 1.26. The van der Waals surface area contributed by atoms with Gasteiger partial charge in [0, 0.05) is 11.9 Å². The molecule has 7 heteroatoms.